The number of thiazole rings is 1. The summed E-state index contributed by atoms with van der Waals surface area (Å²) in [5.74, 6) is -0.388. The van der Waals surface area contributed by atoms with Crippen molar-refractivity contribution in [3.05, 3.63) is 74.5 Å². The number of hydrogen-bond acceptors (Lipinski definition) is 5. The maximum absolute atomic E-state index is 12.9. The molecule has 0 spiro atoms. The Labute approximate surface area is 163 Å². The van der Waals surface area contributed by atoms with Crippen molar-refractivity contribution in [2.45, 2.75) is 13.0 Å². The first-order chi connectivity index (χ1) is 12.9. The summed E-state index contributed by atoms with van der Waals surface area (Å²) < 4.78 is 6.72. The number of carbonyl (C=O) groups excluding carboxylic acids is 1. The SMILES string of the molecule is C[C@H](c1nc2ccccc2s1)N(C)C(=O)c1cc(=O)c2cc(Cl)ccc2o1. The first-order valence-corrected chi connectivity index (χ1v) is 9.49. The predicted octanol–water partition coefficient (Wildman–Crippen LogP) is 4.89. The third kappa shape index (κ3) is 3.22. The van der Waals surface area contributed by atoms with E-state index in [2.05, 4.69) is 4.98 Å². The summed E-state index contributed by atoms with van der Waals surface area (Å²) >= 11 is 7.47. The summed E-state index contributed by atoms with van der Waals surface area (Å²) in [6.45, 7) is 1.90. The summed E-state index contributed by atoms with van der Waals surface area (Å²) in [6, 6.07) is 13.5. The van der Waals surface area contributed by atoms with Gasteiger partial charge in [-0.1, -0.05) is 23.7 Å². The molecule has 2 aromatic heterocycles. The molecule has 0 radical (unpaired) electrons. The Balaban J connectivity index is 1.68. The summed E-state index contributed by atoms with van der Waals surface area (Å²) in [7, 11) is 1.67. The van der Waals surface area contributed by atoms with Crippen molar-refractivity contribution in [2.75, 3.05) is 7.05 Å². The van der Waals surface area contributed by atoms with E-state index in [9.17, 15) is 9.59 Å². The van der Waals surface area contributed by atoms with E-state index in [1.54, 1.807) is 30.5 Å². The molecule has 1 atom stereocenters. The van der Waals surface area contributed by atoms with Gasteiger partial charge >= 0.3 is 0 Å². The van der Waals surface area contributed by atoms with Gasteiger partial charge < -0.3 is 9.32 Å². The Morgan fingerprint density at radius 3 is 2.78 bits per heavy atom. The van der Waals surface area contributed by atoms with Crippen molar-refractivity contribution in [2.24, 2.45) is 0 Å². The number of halogens is 1. The number of nitrogens with zero attached hydrogens (tertiary/aromatic N) is 2. The van der Waals surface area contributed by atoms with Gasteiger partial charge in [-0.05, 0) is 37.3 Å². The van der Waals surface area contributed by atoms with Crippen LogP contribution < -0.4 is 5.43 Å². The van der Waals surface area contributed by atoms with E-state index in [4.69, 9.17) is 16.0 Å². The summed E-state index contributed by atoms with van der Waals surface area (Å²) in [4.78, 5) is 31.3. The van der Waals surface area contributed by atoms with Gasteiger partial charge in [0, 0.05) is 18.1 Å². The lowest BCUT2D eigenvalue weighted by molar-refractivity contribution is 0.0711. The van der Waals surface area contributed by atoms with E-state index >= 15 is 0 Å². The zero-order chi connectivity index (χ0) is 19.1. The molecule has 0 fully saturated rings. The van der Waals surface area contributed by atoms with Gasteiger partial charge in [-0.15, -0.1) is 11.3 Å². The number of rotatable bonds is 3. The van der Waals surface area contributed by atoms with E-state index in [0.717, 1.165) is 15.2 Å². The number of hydrogen-bond donors (Lipinski definition) is 0. The third-order valence-corrected chi connectivity index (χ3v) is 5.91. The van der Waals surface area contributed by atoms with Gasteiger partial charge in [-0.25, -0.2) is 4.98 Å². The largest absolute Gasteiger partial charge is 0.451 e. The maximum Gasteiger partial charge on any atom is 0.290 e. The maximum atomic E-state index is 12.9. The average Bonchev–Trinajstić information content (AvgIpc) is 3.11. The Morgan fingerprint density at radius 2 is 2.00 bits per heavy atom. The molecule has 0 saturated heterocycles. The fourth-order valence-corrected chi connectivity index (χ4v) is 4.05. The molecule has 2 heterocycles. The van der Waals surface area contributed by atoms with Crippen LogP contribution in [-0.4, -0.2) is 22.8 Å². The highest BCUT2D eigenvalue weighted by molar-refractivity contribution is 7.18. The van der Waals surface area contributed by atoms with Crippen LogP contribution >= 0.6 is 22.9 Å². The molecule has 0 aliphatic rings. The van der Waals surface area contributed by atoms with Crippen LogP contribution in [0.5, 0.6) is 0 Å². The Bertz CT molecular complexity index is 1200. The summed E-state index contributed by atoms with van der Waals surface area (Å²) in [6.07, 6.45) is 0. The molecule has 136 valence electrons. The molecular weight excluding hydrogens is 384 g/mol. The predicted molar refractivity (Wildman–Crippen MR) is 108 cm³/mol. The van der Waals surface area contributed by atoms with Crippen LogP contribution in [0.4, 0.5) is 0 Å². The highest BCUT2D eigenvalue weighted by Gasteiger charge is 2.24. The first kappa shape index (κ1) is 17.7. The Kier molecular flexibility index (Phi) is 4.45. The van der Waals surface area contributed by atoms with Gasteiger partial charge in [0.1, 0.15) is 10.6 Å². The average molecular weight is 399 g/mol. The highest BCUT2D eigenvalue weighted by atomic mass is 35.5. The van der Waals surface area contributed by atoms with Crippen LogP contribution in [0.25, 0.3) is 21.2 Å². The zero-order valence-corrected chi connectivity index (χ0v) is 16.2. The fourth-order valence-electron chi connectivity index (χ4n) is 2.82. The molecule has 7 heteroatoms. The van der Waals surface area contributed by atoms with E-state index < -0.39 is 0 Å². The molecule has 0 N–H and O–H groups in total. The second-order valence-corrected chi connectivity index (χ2v) is 7.73. The van der Waals surface area contributed by atoms with Gasteiger partial charge in [0.05, 0.1) is 21.6 Å². The minimum atomic E-state index is -0.379. The van der Waals surface area contributed by atoms with Crippen LogP contribution in [0.3, 0.4) is 0 Å². The van der Waals surface area contributed by atoms with Crippen molar-refractivity contribution in [3.8, 4) is 0 Å². The van der Waals surface area contributed by atoms with Gasteiger partial charge in [0.25, 0.3) is 5.91 Å². The number of amides is 1. The lowest BCUT2D eigenvalue weighted by Crippen LogP contribution is -2.30. The second-order valence-electron chi connectivity index (χ2n) is 6.23. The van der Waals surface area contributed by atoms with Crippen molar-refractivity contribution >= 4 is 50.0 Å². The minimum Gasteiger partial charge on any atom is -0.451 e. The van der Waals surface area contributed by atoms with Crippen LogP contribution in [0.15, 0.2) is 57.7 Å². The standard InChI is InChI=1S/C20H15ClN2O3S/c1-11(19-22-14-5-3-4-6-18(14)27-19)23(2)20(25)17-10-15(24)13-9-12(21)7-8-16(13)26-17/h3-11H,1-2H3/t11-/m1/s1. The van der Waals surface area contributed by atoms with Crippen LogP contribution in [0.2, 0.25) is 5.02 Å². The molecule has 27 heavy (non-hydrogen) atoms. The monoisotopic (exact) mass is 398 g/mol. The summed E-state index contributed by atoms with van der Waals surface area (Å²) in [5.41, 5.74) is 0.929. The van der Waals surface area contributed by atoms with E-state index in [-0.39, 0.29) is 23.1 Å². The van der Waals surface area contributed by atoms with Crippen molar-refractivity contribution < 1.29 is 9.21 Å². The fraction of sp³-hybridized carbons (Fsp3) is 0.150. The smallest absolute Gasteiger partial charge is 0.290 e. The van der Waals surface area contributed by atoms with Crippen LogP contribution in [-0.2, 0) is 0 Å². The van der Waals surface area contributed by atoms with Crippen LogP contribution in [0.1, 0.15) is 28.5 Å². The molecule has 0 bridgehead atoms. The van der Waals surface area contributed by atoms with E-state index in [1.807, 2.05) is 31.2 Å². The highest BCUT2D eigenvalue weighted by Crippen LogP contribution is 2.29. The van der Waals surface area contributed by atoms with E-state index in [1.165, 1.54) is 17.0 Å². The lowest BCUT2D eigenvalue weighted by atomic mass is 10.2. The molecule has 0 unspecified atom stereocenters. The number of para-hydroxylation sites is 1. The van der Waals surface area contributed by atoms with Gasteiger partial charge in [-0.3, -0.25) is 9.59 Å². The third-order valence-electron chi connectivity index (χ3n) is 4.47. The zero-order valence-electron chi connectivity index (χ0n) is 14.6. The first-order valence-electron chi connectivity index (χ1n) is 8.30. The second kappa shape index (κ2) is 6.79. The summed E-state index contributed by atoms with van der Waals surface area (Å²) in [5, 5.41) is 1.61. The molecule has 2 aromatic carbocycles. The number of carbonyl (C=O) groups is 1. The number of fused-ring (bicyclic) bond motifs is 2. The molecule has 0 saturated carbocycles. The number of aromatic nitrogens is 1. The van der Waals surface area contributed by atoms with Gasteiger partial charge in [-0.2, -0.15) is 0 Å². The molecule has 0 aliphatic heterocycles. The molecule has 1 amide bonds. The molecule has 4 aromatic rings. The Morgan fingerprint density at radius 1 is 1.22 bits per heavy atom. The normalized spacial score (nSPS) is 12.4. The quantitative estimate of drug-likeness (QED) is 0.493. The molecule has 0 aliphatic carbocycles. The minimum absolute atomic E-state index is 0.00900. The number of benzene rings is 2. The lowest BCUT2D eigenvalue weighted by Gasteiger charge is -2.22. The Hall–Kier alpha value is -2.70. The van der Waals surface area contributed by atoms with Crippen molar-refractivity contribution in [1.29, 1.82) is 0 Å². The van der Waals surface area contributed by atoms with Crippen molar-refractivity contribution in [1.82, 2.24) is 9.88 Å². The van der Waals surface area contributed by atoms with Crippen molar-refractivity contribution in [3.63, 3.8) is 0 Å². The topological polar surface area (TPSA) is 63.4 Å². The molecule has 4 rings (SSSR count). The molecular formula is C20H15ClN2O3S. The molecule has 5 nitrogen and oxygen atoms in total. The van der Waals surface area contributed by atoms with E-state index in [0.29, 0.717) is 16.0 Å². The van der Waals surface area contributed by atoms with Crippen LogP contribution in [0, 0.1) is 0 Å². The van der Waals surface area contributed by atoms with Gasteiger partial charge in [0.2, 0.25) is 0 Å². The van der Waals surface area contributed by atoms with Gasteiger partial charge in [0.15, 0.2) is 11.2 Å².